The highest BCUT2D eigenvalue weighted by Crippen LogP contribution is 2.20. The number of piperazine rings is 1. The van der Waals surface area contributed by atoms with Gasteiger partial charge in [0.15, 0.2) is 0 Å². The van der Waals surface area contributed by atoms with Crippen LogP contribution < -0.4 is 10.2 Å². The summed E-state index contributed by atoms with van der Waals surface area (Å²) in [5.74, 6) is -0.653. The van der Waals surface area contributed by atoms with Crippen LogP contribution in [0.15, 0.2) is 24.3 Å². The fourth-order valence-electron chi connectivity index (χ4n) is 2.58. The highest BCUT2D eigenvalue weighted by Gasteiger charge is 2.24. The fraction of sp³-hybridized carbons (Fsp3) is 0.529. The zero-order valence-electron chi connectivity index (χ0n) is 13.7. The van der Waals surface area contributed by atoms with Gasteiger partial charge in [0.1, 0.15) is 12.2 Å². The van der Waals surface area contributed by atoms with E-state index < -0.39 is 0 Å². The summed E-state index contributed by atoms with van der Waals surface area (Å²) < 4.78 is 13.8. The van der Waals surface area contributed by atoms with Crippen LogP contribution in [0.2, 0.25) is 0 Å². The maximum absolute atomic E-state index is 13.8. The molecule has 1 heterocycles. The second-order valence-electron chi connectivity index (χ2n) is 5.87. The van der Waals surface area contributed by atoms with Gasteiger partial charge in [-0.2, -0.15) is 0 Å². The van der Waals surface area contributed by atoms with Crippen molar-refractivity contribution in [1.29, 1.82) is 0 Å². The molecule has 2 amide bonds. The molecule has 0 saturated carbocycles. The lowest BCUT2D eigenvalue weighted by atomic mass is 10.2. The lowest BCUT2D eigenvalue weighted by Gasteiger charge is -2.36. The maximum atomic E-state index is 13.8. The molecule has 1 aliphatic heterocycles. The normalized spacial score (nSPS) is 16.1. The van der Waals surface area contributed by atoms with Crippen LogP contribution in [-0.4, -0.2) is 48.9 Å². The Hall–Kier alpha value is -2.11. The van der Waals surface area contributed by atoms with Crippen molar-refractivity contribution in [3.05, 3.63) is 30.1 Å². The fourth-order valence-corrected chi connectivity index (χ4v) is 2.58. The predicted octanol–water partition coefficient (Wildman–Crippen LogP) is 1.78. The minimum atomic E-state index is -0.250. The molecule has 23 heavy (non-hydrogen) atoms. The summed E-state index contributed by atoms with van der Waals surface area (Å²) in [5, 5.41) is 2.80. The van der Waals surface area contributed by atoms with Gasteiger partial charge in [0.2, 0.25) is 11.8 Å². The predicted molar refractivity (Wildman–Crippen MR) is 87.7 cm³/mol. The number of carbonyl (C=O) groups excluding carboxylic acids is 2. The molecule has 1 aliphatic rings. The highest BCUT2D eigenvalue weighted by molar-refractivity contribution is 5.97. The van der Waals surface area contributed by atoms with Crippen LogP contribution in [0, 0.1) is 5.82 Å². The Morgan fingerprint density at radius 1 is 1.22 bits per heavy atom. The summed E-state index contributed by atoms with van der Waals surface area (Å²) in [6.07, 6.45) is 0.714. The van der Waals surface area contributed by atoms with E-state index in [1.54, 1.807) is 23.1 Å². The number of nitrogens with one attached hydrogen (secondary N) is 1. The summed E-state index contributed by atoms with van der Waals surface area (Å²) in [5.41, 5.74) is 0.564. The number of nitrogens with zero attached hydrogens (tertiary/aromatic N) is 2. The molecule has 1 saturated heterocycles. The average Bonchev–Trinajstić information content (AvgIpc) is 2.55. The van der Waals surface area contributed by atoms with Gasteiger partial charge in [-0.3, -0.25) is 9.59 Å². The first-order valence-electron chi connectivity index (χ1n) is 8.08. The Bertz CT molecular complexity index is 557. The lowest BCUT2D eigenvalue weighted by Crippen LogP contribution is -2.50. The summed E-state index contributed by atoms with van der Waals surface area (Å²) in [7, 11) is 0. The molecule has 2 rings (SSSR count). The number of amides is 2. The molecular weight excluding hydrogens is 297 g/mol. The van der Waals surface area contributed by atoms with Crippen LogP contribution in [0.5, 0.6) is 0 Å². The van der Waals surface area contributed by atoms with Crippen molar-refractivity contribution in [2.75, 3.05) is 31.1 Å². The lowest BCUT2D eigenvalue weighted by molar-refractivity contribution is -0.136. The molecule has 126 valence electrons. The quantitative estimate of drug-likeness (QED) is 0.841. The molecule has 1 aromatic carbocycles. The molecule has 6 heteroatoms. The minimum absolute atomic E-state index is 0.0770. The van der Waals surface area contributed by atoms with Crippen LogP contribution in [0.3, 0.4) is 0 Å². The number of anilines is 1. The minimum Gasteiger partial charge on any atom is -0.366 e. The SMILES string of the molecule is CCC(C)NC(=O)CC(=O)N1CCN(c2ccccc2F)CC1. The van der Waals surface area contributed by atoms with Crippen molar-refractivity contribution >= 4 is 17.5 Å². The van der Waals surface area contributed by atoms with Gasteiger partial charge in [0.25, 0.3) is 0 Å². The Labute approximate surface area is 136 Å². The van der Waals surface area contributed by atoms with E-state index in [-0.39, 0.29) is 30.1 Å². The van der Waals surface area contributed by atoms with Crippen LogP contribution in [-0.2, 0) is 9.59 Å². The van der Waals surface area contributed by atoms with Gasteiger partial charge in [0, 0.05) is 32.2 Å². The van der Waals surface area contributed by atoms with Gasteiger partial charge in [-0.25, -0.2) is 4.39 Å². The summed E-state index contributed by atoms with van der Waals surface area (Å²) in [6, 6.07) is 6.72. The van der Waals surface area contributed by atoms with E-state index in [2.05, 4.69) is 5.32 Å². The van der Waals surface area contributed by atoms with Crippen LogP contribution >= 0.6 is 0 Å². The molecule has 1 unspecified atom stereocenters. The first-order chi connectivity index (χ1) is 11.0. The average molecular weight is 321 g/mol. The zero-order chi connectivity index (χ0) is 16.8. The van der Waals surface area contributed by atoms with Crippen LogP contribution in [0.1, 0.15) is 26.7 Å². The van der Waals surface area contributed by atoms with E-state index in [0.29, 0.717) is 31.9 Å². The third-order valence-corrected chi connectivity index (χ3v) is 4.16. The molecule has 0 spiro atoms. The Balaban J connectivity index is 1.83. The van der Waals surface area contributed by atoms with E-state index in [1.165, 1.54) is 6.07 Å². The molecular formula is C17H24FN3O2. The van der Waals surface area contributed by atoms with E-state index >= 15 is 0 Å². The van der Waals surface area contributed by atoms with Gasteiger partial charge < -0.3 is 15.1 Å². The van der Waals surface area contributed by atoms with Gasteiger partial charge in [-0.05, 0) is 25.5 Å². The van der Waals surface area contributed by atoms with Crippen molar-refractivity contribution in [2.45, 2.75) is 32.7 Å². The first kappa shape index (κ1) is 17.2. The molecule has 0 bridgehead atoms. The maximum Gasteiger partial charge on any atom is 0.232 e. The number of hydrogen-bond donors (Lipinski definition) is 1. The Kier molecular flexibility index (Phi) is 5.96. The monoisotopic (exact) mass is 321 g/mol. The number of para-hydroxylation sites is 1. The highest BCUT2D eigenvalue weighted by atomic mass is 19.1. The molecule has 1 N–H and O–H groups in total. The molecule has 0 aliphatic carbocycles. The number of benzene rings is 1. The number of rotatable bonds is 5. The van der Waals surface area contributed by atoms with E-state index in [4.69, 9.17) is 0 Å². The van der Waals surface area contributed by atoms with Crippen molar-refractivity contribution in [1.82, 2.24) is 10.2 Å². The second kappa shape index (κ2) is 7.94. The number of halogens is 1. The van der Waals surface area contributed by atoms with Gasteiger partial charge in [-0.15, -0.1) is 0 Å². The standard InChI is InChI=1S/C17H24FN3O2/c1-3-13(2)19-16(22)12-17(23)21-10-8-20(9-11-21)15-7-5-4-6-14(15)18/h4-7,13H,3,8-12H2,1-2H3,(H,19,22). The van der Waals surface area contributed by atoms with Crippen molar-refractivity contribution < 1.29 is 14.0 Å². The summed E-state index contributed by atoms with van der Waals surface area (Å²) in [6.45, 7) is 6.04. The van der Waals surface area contributed by atoms with E-state index in [1.807, 2.05) is 18.7 Å². The molecule has 1 aromatic rings. The third-order valence-electron chi connectivity index (χ3n) is 4.16. The smallest absolute Gasteiger partial charge is 0.232 e. The van der Waals surface area contributed by atoms with Gasteiger partial charge in [0.05, 0.1) is 5.69 Å². The van der Waals surface area contributed by atoms with Gasteiger partial charge in [-0.1, -0.05) is 19.1 Å². The molecule has 1 atom stereocenters. The topological polar surface area (TPSA) is 52.7 Å². The zero-order valence-corrected chi connectivity index (χ0v) is 13.7. The second-order valence-corrected chi connectivity index (χ2v) is 5.87. The molecule has 0 aromatic heterocycles. The van der Waals surface area contributed by atoms with E-state index in [0.717, 1.165) is 6.42 Å². The molecule has 0 radical (unpaired) electrons. The number of hydrogen-bond acceptors (Lipinski definition) is 3. The summed E-state index contributed by atoms with van der Waals surface area (Å²) >= 11 is 0. The van der Waals surface area contributed by atoms with Crippen LogP contribution in [0.25, 0.3) is 0 Å². The Morgan fingerprint density at radius 3 is 2.48 bits per heavy atom. The van der Waals surface area contributed by atoms with Crippen molar-refractivity contribution in [3.63, 3.8) is 0 Å². The van der Waals surface area contributed by atoms with Crippen LogP contribution in [0.4, 0.5) is 10.1 Å². The first-order valence-corrected chi connectivity index (χ1v) is 8.08. The summed E-state index contributed by atoms with van der Waals surface area (Å²) in [4.78, 5) is 27.5. The molecule has 1 fully saturated rings. The number of carbonyl (C=O) groups is 2. The molecule has 5 nitrogen and oxygen atoms in total. The van der Waals surface area contributed by atoms with Crippen molar-refractivity contribution in [3.8, 4) is 0 Å². The van der Waals surface area contributed by atoms with E-state index in [9.17, 15) is 14.0 Å². The Morgan fingerprint density at radius 2 is 1.87 bits per heavy atom. The van der Waals surface area contributed by atoms with Gasteiger partial charge >= 0.3 is 0 Å². The third kappa shape index (κ3) is 4.68. The van der Waals surface area contributed by atoms with Crippen molar-refractivity contribution in [2.24, 2.45) is 0 Å². The largest absolute Gasteiger partial charge is 0.366 e.